The molecule has 0 aliphatic rings. The summed E-state index contributed by atoms with van der Waals surface area (Å²) in [4.78, 5) is 33.9. The van der Waals surface area contributed by atoms with E-state index in [-0.39, 0.29) is 35.0 Å². The topological polar surface area (TPSA) is 101 Å². The van der Waals surface area contributed by atoms with Crippen molar-refractivity contribution in [1.29, 1.82) is 0 Å². The molecule has 1 N–H and O–H groups in total. The third-order valence-corrected chi connectivity index (χ3v) is 3.48. The molecule has 0 radical (unpaired) electrons. The van der Waals surface area contributed by atoms with Gasteiger partial charge < -0.3 is 10.0 Å². The summed E-state index contributed by atoms with van der Waals surface area (Å²) in [5.41, 5.74) is -0.430. The minimum absolute atomic E-state index is 0.0222. The Morgan fingerprint density at radius 1 is 1.38 bits per heavy atom. The van der Waals surface area contributed by atoms with Crippen molar-refractivity contribution < 1.29 is 19.6 Å². The molecule has 0 heterocycles. The van der Waals surface area contributed by atoms with E-state index in [4.69, 9.17) is 28.3 Å². The Kier molecular flexibility index (Phi) is 5.92. The molecular formula is C12H12Cl2N2O5. The van der Waals surface area contributed by atoms with E-state index in [1.54, 1.807) is 0 Å². The number of carbonyl (C=O) groups excluding carboxylic acids is 1. The van der Waals surface area contributed by atoms with Crippen LogP contribution in [0.15, 0.2) is 12.1 Å². The van der Waals surface area contributed by atoms with E-state index >= 15 is 0 Å². The standard InChI is InChI=1S/C12H12Cl2N2O5/c1-15(4-2-3-10(17)18)12(19)7-5-8(13)11(14)9(6-7)16(20)21/h5-6H,2-4H2,1H3,(H,17,18). The van der Waals surface area contributed by atoms with Gasteiger partial charge in [0.15, 0.2) is 0 Å². The SMILES string of the molecule is CN(CCCC(=O)O)C(=O)c1cc(Cl)c(Cl)c([N+](=O)[O-])c1. The van der Waals surface area contributed by atoms with Gasteiger partial charge in [-0.15, -0.1) is 0 Å². The van der Waals surface area contributed by atoms with Crippen LogP contribution in [0.2, 0.25) is 10.0 Å². The fourth-order valence-electron chi connectivity index (χ4n) is 1.62. The molecule has 0 saturated carbocycles. The number of nitro groups is 1. The van der Waals surface area contributed by atoms with Gasteiger partial charge in [0.2, 0.25) is 0 Å². The maximum Gasteiger partial charge on any atom is 0.303 e. The number of rotatable bonds is 6. The third kappa shape index (κ3) is 4.57. The van der Waals surface area contributed by atoms with Gasteiger partial charge in [0.1, 0.15) is 5.02 Å². The van der Waals surface area contributed by atoms with Gasteiger partial charge in [-0.2, -0.15) is 0 Å². The average molecular weight is 335 g/mol. The van der Waals surface area contributed by atoms with Crippen molar-refractivity contribution in [3.63, 3.8) is 0 Å². The zero-order valence-electron chi connectivity index (χ0n) is 11.0. The number of halogens is 2. The monoisotopic (exact) mass is 334 g/mol. The van der Waals surface area contributed by atoms with Crippen molar-refractivity contribution in [2.24, 2.45) is 0 Å². The first-order valence-corrected chi connectivity index (χ1v) is 6.60. The molecule has 0 atom stereocenters. The van der Waals surface area contributed by atoms with E-state index in [1.165, 1.54) is 18.0 Å². The van der Waals surface area contributed by atoms with Gasteiger partial charge in [-0.05, 0) is 12.5 Å². The summed E-state index contributed by atoms with van der Waals surface area (Å²) in [7, 11) is 1.47. The second-order valence-corrected chi connectivity index (χ2v) is 5.06. The Morgan fingerprint density at radius 3 is 2.52 bits per heavy atom. The van der Waals surface area contributed by atoms with Crippen LogP contribution in [0.1, 0.15) is 23.2 Å². The highest BCUT2D eigenvalue weighted by Gasteiger charge is 2.21. The zero-order chi connectivity index (χ0) is 16.2. The summed E-state index contributed by atoms with van der Waals surface area (Å²) in [5.74, 6) is -1.46. The van der Waals surface area contributed by atoms with Crippen LogP contribution in [0, 0.1) is 10.1 Å². The number of carboxylic acids is 1. The van der Waals surface area contributed by atoms with E-state index in [1.807, 2.05) is 0 Å². The molecule has 1 aromatic rings. The van der Waals surface area contributed by atoms with Crippen molar-refractivity contribution in [3.05, 3.63) is 37.9 Å². The first-order chi connectivity index (χ1) is 9.73. The number of aliphatic carboxylic acids is 1. The molecule has 0 aliphatic carbocycles. The number of nitro benzene ring substituents is 1. The molecule has 9 heteroatoms. The minimum atomic E-state index is -0.957. The van der Waals surface area contributed by atoms with Crippen LogP contribution in [-0.2, 0) is 4.79 Å². The summed E-state index contributed by atoms with van der Waals surface area (Å²) in [6.45, 7) is 0.208. The average Bonchev–Trinajstić information content (AvgIpc) is 2.39. The number of amides is 1. The lowest BCUT2D eigenvalue weighted by Gasteiger charge is -2.17. The van der Waals surface area contributed by atoms with Gasteiger partial charge in [0, 0.05) is 31.6 Å². The molecule has 0 unspecified atom stereocenters. The second kappa shape index (κ2) is 7.24. The molecule has 1 rings (SSSR count). The summed E-state index contributed by atoms with van der Waals surface area (Å²) < 4.78 is 0. The molecule has 1 amide bonds. The summed E-state index contributed by atoms with van der Waals surface area (Å²) >= 11 is 11.5. The Morgan fingerprint density at radius 2 is 2.00 bits per heavy atom. The normalized spacial score (nSPS) is 10.2. The van der Waals surface area contributed by atoms with Crippen molar-refractivity contribution in [2.45, 2.75) is 12.8 Å². The largest absolute Gasteiger partial charge is 0.481 e. The second-order valence-electron chi connectivity index (χ2n) is 4.27. The van der Waals surface area contributed by atoms with E-state index in [2.05, 4.69) is 0 Å². The van der Waals surface area contributed by atoms with Gasteiger partial charge in [-0.25, -0.2) is 0 Å². The lowest BCUT2D eigenvalue weighted by molar-refractivity contribution is -0.384. The van der Waals surface area contributed by atoms with Crippen LogP contribution in [0.25, 0.3) is 0 Å². The van der Waals surface area contributed by atoms with Gasteiger partial charge in [0.25, 0.3) is 11.6 Å². The van der Waals surface area contributed by atoms with Crippen LogP contribution < -0.4 is 0 Å². The molecule has 0 aromatic heterocycles. The maximum atomic E-state index is 12.1. The Labute approximate surface area is 130 Å². The Balaban J connectivity index is 2.92. The van der Waals surface area contributed by atoms with Gasteiger partial charge >= 0.3 is 5.97 Å². The maximum absolute atomic E-state index is 12.1. The Bertz CT molecular complexity index is 591. The molecule has 7 nitrogen and oxygen atoms in total. The van der Waals surface area contributed by atoms with Gasteiger partial charge in [0.05, 0.1) is 9.95 Å². The number of benzene rings is 1. The number of carboxylic acid groups (broad SMARTS) is 1. The first-order valence-electron chi connectivity index (χ1n) is 5.84. The summed E-state index contributed by atoms with van der Waals surface area (Å²) in [5, 5.41) is 19.1. The predicted octanol–water partition coefficient (Wildman–Crippen LogP) is 2.84. The van der Waals surface area contributed by atoms with Gasteiger partial charge in [-0.1, -0.05) is 23.2 Å². The molecule has 21 heavy (non-hydrogen) atoms. The molecule has 114 valence electrons. The predicted molar refractivity (Wildman–Crippen MR) is 76.9 cm³/mol. The molecule has 0 spiro atoms. The van der Waals surface area contributed by atoms with E-state index in [0.29, 0.717) is 0 Å². The van der Waals surface area contributed by atoms with Crippen LogP contribution in [-0.4, -0.2) is 40.4 Å². The molecule has 0 fully saturated rings. The molecule has 0 saturated heterocycles. The van der Waals surface area contributed by atoms with E-state index in [0.717, 1.165) is 6.07 Å². The van der Waals surface area contributed by atoms with E-state index < -0.39 is 22.5 Å². The first kappa shape index (κ1) is 17.2. The highest BCUT2D eigenvalue weighted by molar-refractivity contribution is 6.43. The van der Waals surface area contributed by atoms with Crippen molar-refractivity contribution in [2.75, 3.05) is 13.6 Å². The summed E-state index contributed by atoms with van der Waals surface area (Å²) in [6, 6.07) is 2.29. The lowest BCUT2D eigenvalue weighted by atomic mass is 10.1. The van der Waals surface area contributed by atoms with Crippen LogP contribution in [0.3, 0.4) is 0 Å². The quantitative estimate of drug-likeness (QED) is 0.636. The number of hydrogen-bond acceptors (Lipinski definition) is 4. The highest BCUT2D eigenvalue weighted by atomic mass is 35.5. The van der Waals surface area contributed by atoms with Gasteiger partial charge in [-0.3, -0.25) is 19.7 Å². The number of carbonyl (C=O) groups is 2. The highest BCUT2D eigenvalue weighted by Crippen LogP contribution is 2.33. The zero-order valence-corrected chi connectivity index (χ0v) is 12.5. The smallest absolute Gasteiger partial charge is 0.303 e. The van der Waals surface area contributed by atoms with Crippen molar-refractivity contribution in [3.8, 4) is 0 Å². The molecule has 0 aliphatic heterocycles. The molecular weight excluding hydrogens is 323 g/mol. The minimum Gasteiger partial charge on any atom is -0.481 e. The summed E-state index contributed by atoms with van der Waals surface area (Å²) in [6.07, 6.45) is 0.208. The third-order valence-electron chi connectivity index (χ3n) is 2.68. The number of hydrogen-bond donors (Lipinski definition) is 1. The fourth-order valence-corrected chi connectivity index (χ4v) is 2.01. The lowest BCUT2D eigenvalue weighted by Crippen LogP contribution is -2.28. The van der Waals surface area contributed by atoms with E-state index in [9.17, 15) is 19.7 Å². The van der Waals surface area contributed by atoms with Crippen LogP contribution in [0.5, 0.6) is 0 Å². The molecule has 0 bridgehead atoms. The molecule has 1 aromatic carbocycles. The van der Waals surface area contributed by atoms with Crippen molar-refractivity contribution in [1.82, 2.24) is 4.90 Å². The van der Waals surface area contributed by atoms with Crippen molar-refractivity contribution >= 4 is 40.8 Å². The fraction of sp³-hybridized carbons (Fsp3) is 0.333. The van der Waals surface area contributed by atoms with Crippen LogP contribution >= 0.6 is 23.2 Å². The van der Waals surface area contributed by atoms with Crippen LogP contribution in [0.4, 0.5) is 5.69 Å². The Hall–Kier alpha value is -1.86. The number of nitrogens with zero attached hydrogens (tertiary/aromatic N) is 2.